The quantitative estimate of drug-likeness (QED) is 0.401. The minimum absolute atomic E-state index is 0. The molecule has 12 heteroatoms. The van der Waals surface area contributed by atoms with Crippen LogP contribution in [-0.2, 0) is 30.2 Å². The van der Waals surface area contributed by atoms with Crippen molar-refractivity contribution in [2.75, 3.05) is 12.6 Å². The van der Waals surface area contributed by atoms with Crippen molar-refractivity contribution in [3.63, 3.8) is 0 Å². The molecule has 1 unspecified atom stereocenters. The molecule has 0 amide bonds. The molecule has 14 heavy (non-hydrogen) atoms. The van der Waals surface area contributed by atoms with E-state index in [4.69, 9.17) is 4.89 Å². The van der Waals surface area contributed by atoms with Crippen molar-refractivity contribution < 1.29 is 49.8 Å². The number of hydrogen-bond acceptors (Lipinski definition) is 5. The van der Waals surface area contributed by atoms with Gasteiger partial charge >= 0.3 is 21.1 Å². The molecular weight excluding hydrogens is 419 g/mol. The molecule has 0 saturated carbocycles. The van der Waals surface area contributed by atoms with Crippen molar-refractivity contribution in [2.45, 2.75) is 0 Å². The maximum Gasteiger partial charge on any atom is 2.00 e. The average molecular weight is 429 g/mol. The van der Waals surface area contributed by atoms with E-state index in [1.54, 1.807) is 0 Å². The molecule has 0 aromatic heterocycles. The summed E-state index contributed by atoms with van der Waals surface area (Å²) in [5.74, 6) is 0. The van der Waals surface area contributed by atoms with E-state index in [2.05, 4.69) is 5.32 Å². The summed E-state index contributed by atoms with van der Waals surface area (Å²) in [6.07, 6.45) is -2.00. The van der Waals surface area contributed by atoms with Crippen molar-refractivity contribution in [2.24, 2.45) is 0 Å². The summed E-state index contributed by atoms with van der Waals surface area (Å²) in [4.78, 5) is 36.0. The third-order valence-electron chi connectivity index (χ3n) is 0.559. The van der Waals surface area contributed by atoms with Crippen LogP contribution in [0.4, 0.5) is 0 Å². The molecule has 9 nitrogen and oxygen atoms in total. The summed E-state index contributed by atoms with van der Waals surface area (Å²) in [6.45, 7) is 0. The molecule has 6 N–H and O–H groups in total. The fourth-order valence-electron chi connectivity index (χ4n) is 0.299. The minimum atomic E-state index is -4.76. The van der Waals surface area contributed by atoms with E-state index in [9.17, 15) is 23.8 Å². The van der Waals surface area contributed by atoms with Crippen LogP contribution in [0, 0.1) is 0 Å². The van der Waals surface area contributed by atoms with Gasteiger partial charge in [0.1, 0.15) is 0 Å². The smallest absolute Gasteiger partial charge is 0.812 e. The zero-order valence-electron chi connectivity index (χ0n) is 6.77. The maximum atomic E-state index is 10.0. The molecule has 0 aliphatic rings. The SMILES string of the molecule is O=P([O-])([O-])C[N-]CP(=O)([O-])[OH2+].[NH2-].[NH2-].[Pt+2]. The Balaban J connectivity index is -0.000000167. The normalized spacial score (nSPS) is 14.0. The van der Waals surface area contributed by atoms with Gasteiger partial charge in [0.05, 0.1) is 0 Å². The Morgan fingerprint density at radius 3 is 1.64 bits per heavy atom. The van der Waals surface area contributed by atoms with Gasteiger partial charge < -0.3 is 41.8 Å². The maximum absolute atomic E-state index is 10.0. The van der Waals surface area contributed by atoms with Gasteiger partial charge in [-0.3, -0.25) is 4.57 Å². The van der Waals surface area contributed by atoms with Gasteiger partial charge in [-0.15, -0.1) is 6.29 Å². The van der Waals surface area contributed by atoms with Crippen molar-refractivity contribution in [1.29, 1.82) is 0 Å². The molecule has 92 valence electrons. The van der Waals surface area contributed by atoms with Crippen LogP contribution in [-0.4, -0.2) is 17.5 Å². The summed E-state index contributed by atoms with van der Waals surface area (Å²) in [7, 11) is -9.08. The second kappa shape index (κ2) is 9.12. The van der Waals surface area contributed by atoms with Crippen molar-refractivity contribution in [3.8, 4) is 0 Å². The third-order valence-corrected chi connectivity index (χ3v) is 1.68. The number of hydrogen-bond donors (Lipinski definition) is 0. The Morgan fingerprint density at radius 2 is 1.43 bits per heavy atom. The van der Waals surface area contributed by atoms with Gasteiger partial charge in [-0.25, -0.2) is 0 Å². The van der Waals surface area contributed by atoms with Gasteiger partial charge in [-0.05, 0) is 6.29 Å². The molecule has 1 atom stereocenters. The first-order valence-electron chi connectivity index (χ1n) is 2.40. The molecule has 0 aromatic carbocycles. The zero-order valence-corrected chi connectivity index (χ0v) is 10.8. The predicted octanol–water partition coefficient (Wildman–Crippen LogP) is -1.10. The molecule has 0 aromatic rings. The molecule has 0 fully saturated rings. The van der Waals surface area contributed by atoms with E-state index in [-0.39, 0.29) is 33.4 Å². The van der Waals surface area contributed by atoms with E-state index >= 15 is 0 Å². The molecule has 0 aliphatic carbocycles. The first kappa shape index (κ1) is 24.2. The number of nitrogens with zero attached hydrogens (tertiary/aromatic N) is 1. The van der Waals surface area contributed by atoms with Gasteiger partial charge in [0.2, 0.25) is 0 Å². The molecule has 0 bridgehead atoms. The largest absolute Gasteiger partial charge is 2.00 e. The molecule has 0 aliphatic heterocycles. The Hall–Kier alpha value is 0.868. The summed E-state index contributed by atoms with van der Waals surface area (Å²) in [5, 5.41) is 2.86. The van der Waals surface area contributed by atoms with Crippen LogP contribution in [0.2, 0.25) is 0 Å². The molecular formula is C2H10N3O6P2Pt-3. The fourth-order valence-corrected chi connectivity index (χ4v) is 1.16. The van der Waals surface area contributed by atoms with Crippen LogP contribution in [0.3, 0.4) is 0 Å². The predicted molar refractivity (Wildman–Crippen MR) is 42.5 cm³/mol. The molecule has 0 rings (SSSR count). The van der Waals surface area contributed by atoms with Crippen molar-refractivity contribution in [3.05, 3.63) is 17.6 Å². The number of rotatable bonds is 4. The monoisotopic (exact) mass is 429 g/mol. The molecule has 0 saturated heterocycles. The van der Waals surface area contributed by atoms with Crippen molar-refractivity contribution in [1.82, 2.24) is 0 Å². The van der Waals surface area contributed by atoms with Crippen LogP contribution >= 0.6 is 15.2 Å². The fraction of sp³-hybridized carbons (Fsp3) is 1.00. The van der Waals surface area contributed by atoms with Gasteiger partial charge in [0, 0.05) is 0 Å². The van der Waals surface area contributed by atoms with Gasteiger partial charge in [0.15, 0.2) is 0 Å². The number of nitrogens with two attached hydrogens (primary N) is 2. The third kappa shape index (κ3) is 23.0. The van der Waals surface area contributed by atoms with Gasteiger partial charge in [-0.1, -0.05) is 7.60 Å². The summed E-state index contributed by atoms with van der Waals surface area (Å²) in [5.41, 5.74) is 0. The minimum Gasteiger partial charge on any atom is -0.812 e. The Labute approximate surface area is 95.4 Å². The average Bonchev–Trinajstić information content (AvgIpc) is 1.55. The van der Waals surface area contributed by atoms with E-state index in [1.807, 2.05) is 0 Å². The molecule has 0 heterocycles. The summed E-state index contributed by atoms with van der Waals surface area (Å²) in [6, 6.07) is 0. The standard InChI is InChI=1S/C2H8NO6P2.2H2N.Pt/c4-10(5,6)1-3-2-11(7,8)9;;;/h1-2H2,(H2,4,5,6)(H2,7,8,9);2*1H2;/q3*-1;+2/p-2. The van der Waals surface area contributed by atoms with E-state index in [0.29, 0.717) is 0 Å². The molecule has 0 radical (unpaired) electrons. The van der Waals surface area contributed by atoms with Crippen LogP contribution < -0.4 is 14.7 Å². The van der Waals surface area contributed by atoms with E-state index in [0.717, 1.165) is 0 Å². The van der Waals surface area contributed by atoms with Crippen LogP contribution in [0.5, 0.6) is 0 Å². The topological polar surface area (TPSA) is 207 Å². The van der Waals surface area contributed by atoms with Gasteiger partial charge in [-0.2, -0.15) is 0 Å². The second-order valence-corrected chi connectivity index (χ2v) is 4.93. The zero-order chi connectivity index (χ0) is 9.12. The van der Waals surface area contributed by atoms with E-state index in [1.165, 1.54) is 0 Å². The van der Waals surface area contributed by atoms with Gasteiger partial charge in [0.25, 0.3) is 7.60 Å². The summed E-state index contributed by atoms with van der Waals surface area (Å²) < 4.78 is 19.9. The molecule has 0 spiro atoms. The second-order valence-electron chi connectivity index (χ2n) is 1.79. The Bertz CT molecular complexity index is 191. The van der Waals surface area contributed by atoms with Crippen LogP contribution in [0.15, 0.2) is 0 Å². The Morgan fingerprint density at radius 1 is 1.07 bits per heavy atom. The van der Waals surface area contributed by atoms with Crippen molar-refractivity contribution >= 4 is 15.2 Å². The van der Waals surface area contributed by atoms with Crippen LogP contribution in [0.25, 0.3) is 17.6 Å². The first-order valence-corrected chi connectivity index (χ1v) is 5.94. The summed E-state index contributed by atoms with van der Waals surface area (Å²) >= 11 is 0. The van der Waals surface area contributed by atoms with E-state index < -0.39 is 27.8 Å². The Kier molecular flexibility index (Phi) is 15.8. The van der Waals surface area contributed by atoms with Crippen LogP contribution in [0.1, 0.15) is 0 Å². The first-order chi connectivity index (χ1) is 4.71.